The summed E-state index contributed by atoms with van der Waals surface area (Å²) in [6.45, 7) is 2.24. The van der Waals surface area contributed by atoms with Crippen molar-refractivity contribution in [3.05, 3.63) is 17.2 Å². The molecular weight excluding hydrogens is 246 g/mol. The zero-order valence-electron chi connectivity index (χ0n) is 10.8. The van der Waals surface area contributed by atoms with Crippen LogP contribution in [-0.2, 0) is 17.7 Å². The first kappa shape index (κ1) is 12.6. The Kier molecular flexibility index (Phi) is 3.28. The van der Waals surface area contributed by atoms with Crippen molar-refractivity contribution in [3.63, 3.8) is 0 Å². The average molecular weight is 265 g/mol. The SMILES string of the molecule is NC1CCn2c(C3CCOCC3)nc(C(=O)O)c2C1. The quantitative estimate of drug-likeness (QED) is 0.823. The van der Waals surface area contributed by atoms with Crippen LogP contribution in [0.15, 0.2) is 0 Å². The van der Waals surface area contributed by atoms with Gasteiger partial charge in [0, 0.05) is 38.1 Å². The van der Waals surface area contributed by atoms with Crippen molar-refractivity contribution in [3.8, 4) is 0 Å². The molecule has 19 heavy (non-hydrogen) atoms. The van der Waals surface area contributed by atoms with E-state index in [9.17, 15) is 9.90 Å². The van der Waals surface area contributed by atoms with Gasteiger partial charge in [-0.05, 0) is 19.3 Å². The van der Waals surface area contributed by atoms with E-state index in [1.165, 1.54) is 0 Å². The zero-order chi connectivity index (χ0) is 13.4. The Balaban J connectivity index is 2.00. The van der Waals surface area contributed by atoms with Gasteiger partial charge in [0.2, 0.25) is 0 Å². The third-order valence-corrected chi connectivity index (χ3v) is 4.07. The largest absolute Gasteiger partial charge is 0.476 e. The highest BCUT2D eigenvalue weighted by Gasteiger charge is 2.30. The molecule has 1 fully saturated rings. The molecular formula is C13H19N3O3. The van der Waals surface area contributed by atoms with Gasteiger partial charge in [0.25, 0.3) is 0 Å². The van der Waals surface area contributed by atoms with Gasteiger partial charge in [-0.3, -0.25) is 0 Å². The Bertz CT molecular complexity index is 492. The van der Waals surface area contributed by atoms with Gasteiger partial charge in [-0.15, -0.1) is 0 Å². The fourth-order valence-corrected chi connectivity index (χ4v) is 3.05. The summed E-state index contributed by atoms with van der Waals surface area (Å²) in [7, 11) is 0. The maximum atomic E-state index is 11.3. The lowest BCUT2D eigenvalue weighted by atomic mass is 9.98. The predicted molar refractivity (Wildman–Crippen MR) is 68.3 cm³/mol. The number of aromatic nitrogens is 2. The molecule has 2 aliphatic rings. The van der Waals surface area contributed by atoms with Crippen LogP contribution in [0.1, 0.15) is 47.2 Å². The van der Waals surface area contributed by atoms with E-state index in [0.717, 1.165) is 50.5 Å². The number of fused-ring (bicyclic) bond motifs is 1. The van der Waals surface area contributed by atoms with Gasteiger partial charge in [0.05, 0.1) is 5.69 Å². The van der Waals surface area contributed by atoms with Crippen molar-refractivity contribution in [2.24, 2.45) is 5.73 Å². The van der Waals surface area contributed by atoms with Crippen molar-refractivity contribution in [1.29, 1.82) is 0 Å². The van der Waals surface area contributed by atoms with Crippen molar-refractivity contribution in [1.82, 2.24) is 9.55 Å². The number of imidazole rings is 1. The number of hydrogen-bond acceptors (Lipinski definition) is 4. The maximum Gasteiger partial charge on any atom is 0.356 e. The highest BCUT2D eigenvalue weighted by atomic mass is 16.5. The second-order valence-electron chi connectivity index (χ2n) is 5.36. The van der Waals surface area contributed by atoms with Crippen molar-refractivity contribution < 1.29 is 14.6 Å². The van der Waals surface area contributed by atoms with E-state index in [0.29, 0.717) is 12.3 Å². The fraction of sp³-hybridized carbons (Fsp3) is 0.692. The average Bonchev–Trinajstić information content (AvgIpc) is 2.78. The summed E-state index contributed by atoms with van der Waals surface area (Å²) in [5, 5.41) is 9.30. The molecule has 0 aliphatic carbocycles. The lowest BCUT2D eigenvalue weighted by Gasteiger charge is -2.26. The molecule has 0 spiro atoms. The Hall–Kier alpha value is -1.40. The Morgan fingerprint density at radius 2 is 2.11 bits per heavy atom. The van der Waals surface area contributed by atoms with Crippen LogP contribution < -0.4 is 5.73 Å². The predicted octanol–water partition coefficient (Wildman–Crippen LogP) is 0.749. The molecule has 6 nitrogen and oxygen atoms in total. The minimum absolute atomic E-state index is 0.0461. The summed E-state index contributed by atoms with van der Waals surface area (Å²) in [6, 6.07) is 0.0461. The van der Waals surface area contributed by atoms with E-state index in [-0.39, 0.29) is 11.7 Å². The highest BCUT2D eigenvalue weighted by molar-refractivity contribution is 5.87. The van der Waals surface area contributed by atoms with E-state index < -0.39 is 5.97 Å². The summed E-state index contributed by atoms with van der Waals surface area (Å²) in [4.78, 5) is 15.7. The molecule has 1 unspecified atom stereocenters. The third kappa shape index (κ3) is 2.26. The van der Waals surface area contributed by atoms with E-state index in [1.807, 2.05) is 0 Å². The van der Waals surface area contributed by atoms with Gasteiger partial charge in [-0.2, -0.15) is 0 Å². The number of rotatable bonds is 2. The summed E-state index contributed by atoms with van der Waals surface area (Å²) in [5.41, 5.74) is 6.94. The van der Waals surface area contributed by atoms with Crippen LogP contribution >= 0.6 is 0 Å². The van der Waals surface area contributed by atoms with Gasteiger partial charge < -0.3 is 20.1 Å². The minimum Gasteiger partial charge on any atom is -0.476 e. The molecule has 0 aromatic carbocycles. The number of carboxylic acid groups (broad SMARTS) is 1. The Morgan fingerprint density at radius 1 is 1.37 bits per heavy atom. The molecule has 3 N–H and O–H groups in total. The number of aromatic carboxylic acids is 1. The standard InChI is InChI=1S/C13H19N3O3/c14-9-1-4-16-10(7-9)11(13(17)18)15-12(16)8-2-5-19-6-3-8/h8-9H,1-7,14H2,(H,17,18). The summed E-state index contributed by atoms with van der Waals surface area (Å²) < 4.78 is 7.45. The molecule has 1 saturated heterocycles. The minimum atomic E-state index is -0.948. The molecule has 2 aliphatic heterocycles. The molecule has 3 rings (SSSR count). The summed E-state index contributed by atoms with van der Waals surface area (Å²) in [5.74, 6) is 0.286. The van der Waals surface area contributed by atoms with Gasteiger partial charge >= 0.3 is 5.97 Å². The van der Waals surface area contributed by atoms with Crippen molar-refractivity contribution >= 4 is 5.97 Å². The van der Waals surface area contributed by atoms with Crippen molar-refractivity contribution in [2.75, 3.05) is 13.2 Å². The molecule has 6 heteroatoms. The zero-order valence-corrected chi connectivity index (χ0v) is 10.8. The van der Waals surface area contributed by atoms with Gasteiger partial charge in [-0.1, -0.05) is 0 Å². The normalized spacial score (nSPS) is 24.2. The topological polar surface area (TPSA) is 90.4 Å². The van der Waals surface area contributed by atoms with E-state index in [2.05, 4.69) is 9.55 Å². The Morgan fingerprint density at radius 3 is 2.79 bits per heavy atom. The van der Waals surface area contributed by atoms with Crippen LogP contribution in [-0.4, -0.2) is 39.9 Å². The highest BCUT2D eigenvalue weighted by Crippen LogP contribution is 2.30. The lowest BCUT2D eigenvalue weighted by Crippen LogP contribution is -2.32. The van der Waals surface area contributed by atoms with Crippen LogP contribution in [0.4, 0.5) is 0 Å². The number of nitrogens with two attached hydrogens (primary N) is 1. The first-order valence-corrected chi connectivity index (χ1v) is 6.82. The number of hydrogen-bond donors (Lipinski definition) is 2. The van der Waals surface area contributed by atoms with Crippen LogP contribution in [0.5, 0.6) is 0 Å². The molecule has 0 amide bonds. The second-order valence-corrected chi connectivity index (χ2v) is 5.36. The fourth-order valence-electron chi connectivity index (χ4n) is 3.05. The molecule has 104 valence electrons. The van der Waals surface area contributed by atoms with E-state index >= 15 is 0 Å². The van der Waals surface area contributed by atoms with E-state index in [4.69, 9.17) is 10.5 Å². The Labute approximate surface area is 111 Å². The third-order valence-electron chi connectivity index (χ3n) is 4.07. The van der Waals surface area contributed by atoms with Crippen molar-refractivity contribution in [2.45, 2.75) is 44.2 Å². The van der Waals surface area contributed by atoms with Crippen LogP contribution in [0, 0.1) is 0 Å². The van der Waals surface area contributed by atoms with Gasteiger partial charge in [-0.25, -0.2) is 9.78 Å². The van der Waals surface area contributed by atoms with Crippen LogP contribution in [0.2, 0.25) is 0 Å². The number of ether oxygens (including phenoxy) is 1. The number of carbonyl (C=O) groups is 1. The molecule has 1 aromatic heterocycles. The summed E-state index contributed by atoms with van der Waals surface area (Å²) in [6.07, 6.45) is 3.33. The first-order valence-electron chi connectivity index (χ1n) is 6.82. The summed E-state index contributed by atoms with van der Waals surface area (Å²) >= 11 is 0. The molecule has 3 heterocycles. The molecule has 1 aromatic rings. The van der Waals surface area contributed by atoms with E-state index in [1.54, 1.807) is 0 Å². The van der Waals surface area contributed by atoms with Crippen LogP contribution in [0.25, 0.3) is 0 Å². The van der Waals surface area contributed by atoms with Crippen LogP contribution in [0.3, 0.4) is 0 Å². The number of nitrogens with zero attached hydrogens (tertiary/aromatic N) is 2. The first-order chi connectivity index (χ1) is 9.16. The second kappa shape index (κ2) is 4.94. The number of carboxylic acids is 1. The lowest BCUT2D eigenvalue weighted by molar-refractivity contribution is 0.0688. The maximum absolute atomic E-state index is 11.3. The monoisotopic (exact) mass is 265 g/mol. The molecule has 1 atom stereocenters. The van der Waals surface area contributed by atoms with Gasteiger partial charge in [0.15, 0.2) is 5.69 Å². The molecule has 0 saturated carbocycles. The smallest absolute Gasteiger partial charge is 0.356 e. The molecule has 0 bridgehead atoms. The van der Waals surface area contributed by atoms with Gasteiger partial charge in [0.1, 0.15) is 5.82 Å². The molecule has 0 radical (unpaired) electrons.